The van der Waals surface area contributed by atoms with Crippen molar-refractivity contribution in [3.05, 3.63) is 63.6 Å². The van der Waals surface area contributed by atoms with Crippen LogP contribution in [0.1, 0.15) is 27.9 Å². The van der Waals surface area contributed by atoms with Crippen molar-refractivity contribution in [3.8, 4) is 0 Å². The second-order valence-electron chi connectivity index (χ2n) is 5.14. The molecule has 0 spiro atoms. The standard InChI is InChI=1S/C18H16BrNO4/c1-11-8-13(19)9-14(18(23)12-6-4-3-5-7-12)17(11)20-15(21)10-16(22)24-2/h3-9H,10H2,1-2H3,(H,20,21). The van der Waals surface area contributed by atoms with Crippen molar-refractivity contribution in [2.24, 2.45) is 0 Å². The number of halogens is 1. The lowest BCUT2D eigenvalue weighted by molar-refractivity contribution is -0.142. The maximum absolute atomic E-state index is 12.8. The minimum absolute atomic E-state index is 0.214. The highest BCUT2D eigenvalue weighted by atomic mass is 79.9. The van der Waals surface area contributed by atoms with Crippen LogP contribution in [0.4, 0.5) is 5.69 Å². The molecule has 0 aliphatic carbocycles. The van der Waals surface area contributed by atoms with E-state index in [0.29, 0.717) is 22.4 Å². The molecule has 24 heavy (non-hydrogen) atoms. The lowest BCUT2D eigenvalue weighted by atomic mass is 9.99. The summed E-state index contributed by atoms with van der Waals surface area (Å²) in [7, 11) is 1.21. The lowest BCUT2D eigenvalue weighted by Crippen LogP contribution is -2.20. The molecular weight excluding hydrogens is 374 g/mol. The molecule has 0 aliphatic rings. The minimum atomic E-state index is -0.641. The SMILES string of the molecule is COC(=O)CC(=O)Nc1c(C)cc(Br)cc1C(=O)c1ccccc1. The number of carbonyl (C=O) groups excluding carboxylic acids is 3. The van der Waals surface area contributed by atoms with Crippen molar-refractivity contribution in [2.45, 2.75) is 13.3 Å². The summed E-state index contributed by atoms with van der Waals surface area (Å²) in [6.07, 6.45) is -0.412. The monoisotopic (exact) mass is 389 g/mol. The number of carbonyl (C=O) groups is 3. The molecule has 0 bridgehead atoms. The number of hydrogen-bond donors (Lipinski definition) is 1. The largest absolute Gasteiger partial charge is 0.469 e. The van der Waals surface area contributed by atoms with Gasteiger partial charge in [-0.05, 0) is 24.6 Å². The molecule has 0 saturated heterocycles. The van der Waals surface area contributed by atoms with Crippen LogP contribution in [0, 0.1) is 6.92 Å². The third-order valence-electron chi connectivity index (χ3n) is 3.38. The summed E-state index contributed by atoms with van der Waals surface area (Å²) in [4.78, 5) is 36.0. The fourth-order valence-corrected chi connectivity index (χ4v) is 2.79. The number of aryl methyl sites for hydroxylation is 1. The van der Waals surface area contributed by atoms with Crippen LogP contribution < -0.4 is 5.32 Å². The normalized spacial score (nSPS) is 10.1. The summed E-state index contributed by atoms with van der Waals surface area (Å²) in [5.41, 5.74) is 1.97. The van der Waals surface area contributed by atoms with Crippen LogP contribution in [0.5, 0.6) is 0 Å². The fraction of sp³-hybridized carbons (Fsp3) is 0.167. The van der Waals surface area contributed by atoms with E-state index in [2.05, 4.69) is 26.0 Å². The predicted octanol–water partition coefficient (Wildman–Crippen LogP) is 3.49. The zero-order valence-corrected chi connectivity index (χ0v) is 14.8. The van der Waals surface area contributed by atoms with Gasteiger partial charge in [0.05, 0.1) is 12.8 Å². The Morgan fingerprint density at radius 2 is 1.79 bits per heavy atom. The summed E-state index contributed by atoms with van der Waals surface area (Å²) >= 11 is 3.37. The molecule has 124 valence electrons. The average molecular weight is 390 g/mol. The molecule has 2 rings (SSSR count). The Morgan fingerprint density at radius 3 is 2.42 bits per heavy atom. The number of nitrogens with one attached hydrogen (secondary N) is 1. The smallest absolute Gasteiger partial charge is 0.315 e. The maximum atomic E-state index is 12.8. The fourth-order valence-electron chi connectivity index (χ4n) is 2.22. The number of ketones is 1. The van der Waals surface area contributed by atoms with Gasteiger partial charge in [0.1, 0.15) is 6.42 Å². The van der Waals surface area contributed by atoms with Gasteiger partial charge < -0.3 is 10.1 Å². The van der Waals surface area contributed by atoms with Gasteiger partial charge in [-0.3, -0.25) is 14.4 Å². The number of amides is 1. The molecule has 0 radical (unpaired) electrons. The summed E-state index contributed by atoms with van der Waals surface area (Å²) in [5.74, 6) is -1.39. The van der Waals surface area contributed by atoms with Crippen molar-refractivity contribution in [2.75, 3.05) is 12.4 Å². The average Bonchev–Trinajstić information content (AvgIpc) is 2.57. The summed E-state index contributed by atoms with van der Waals surface area (Å²) in [6, 6.07) is 12.2. The van der Waals surface area contributed by atoms with Crippen molar-refractivity contribution >= 4 is 39.3 Å². The van der Waals surface area contributed by atoms with Crippen LogP contribution in [-0.4, -0.2) is 24.8 Å². The van der Waals surface area contributed by atoms with E-state index in [1.807, 2.05) is 6.07 Å². The molecule has 5 nitrogen and oxygen atoms in total. The first kappa shape index (κ1) is 17.9. The molecule has 0 saturated carbocycles. The van der Waals surface area contributed by atoms with Gasteiger partial charge in [-0.15, -0.1) is 0 Å². The third-order valence-corrected chi connectivity index (χ3v) is 3.84. The summed E-state index contributed by atoms with van der Waals surface area (Å²) < 4.78 is 5.21. The number of rotatable bonds is 5. The van der Waals surface area contributed by atoms with Crippen LogP contribution in [0.3, 0.4) is 0 Å². The van der Waals surface area contributed by atoms with Gasteiger partial charge in [-0.1, -0.05) is 46.3 Å². The molecule has 0 atom stereocenters. The van der Waals surface area contributed by atoms with E-state index in [1.165, 1.54) is 7.11 Å². The quantitative estimate of drug-likeness (QED) is 0.482. The number of hydrogen-bond acceptors (Lipinski definition) is 4. The Balaban J connectivity index is 2.39. The van der Waals surface area contributed by atoms with Crippen LogP contribution in [0.2, 0.25) is 0 Å². The van der Waals surface area contributed by atoms with E-state index in [-0.39, 0.29) is 5.78 Å². The molecule has 0 aliphatic heterocycles. The van der Waals surface area contributed by atoms with Crippen molar-refractivity contribution in [1.82, 2.24) is 0 Å². The van der Waals surface area contributed by atoms with Gasteiger partial charge >= 0.3 is 5.97 Å². The van der Waals surface area contributed by atoms with Crippen molar-refractivity contribution in [1.29, 1.82) is 0 Å². The van der Waals surface area contributed by atoms with E-state index < -0.39 is 18.3 Å². The van der Waals surface area contributed by atoms with Gasteiger partial charge in [0.25, 0.3) is 0 Å². The predicted molar refractivity (Wildman–Crippen MR) is 94.0 cm³/mol. The van der Waals surface area contributed by atoms with Crippen LogP contribution >= 0.6 is 15.9 Å². The van der Waals surface area contributed by atoms with Crippen molar-refractivity contribution in [3.63, 3.8) is 0 Å². The Bertz CT molecular complexity index is 787. The minimum Gasteiger partial charge on any atom is -0.469 e. The molecule has 0 unspecified atom stereocenters. The Kier molecular flexibility index (Phi) is 5.87. The van der Waals surface area contributed by atoms with Gasteiger partial charge in [-0.25, -0.2) is 0 Å². The van der Waals surface area contributed by atoms with Gasteiger partial charge in [-0.2, -0.15) is 0 Å². The number of ether oxygens (including phenoxy) is 1. The molecule has 1 amide bonds. The van der Waals surface area contributed by atoms with Gasteiger partial charge in [0, 0.05) is 15.6 Å². The molecule has 2 aromatic rings. The highest BCUT2D eigenvalue weighted by Gasteiger charge is 2.19. The number of anilines is 1. The Morgan fingerprint density at radius 1 is 1.12 bits per heavy atom. The van der Waals surface area contributed by atoms with E-state index in [1.54, 1.807) is 43.3 Å². The molecule has 2 aromatic carbocycles. The third kappa shape index (κ3) is 4.29. The molecule has 1 N–H and O–H groups in total. The topological polar surface area (TPSA) is 72.5 Å². The zero-order valence-electron chi connectivity index (χ0n) is 13.3. The Labute approximate surface area is 148 Å². The van der Waals surface area contributed by atoms with Crippen molar-refractivity contribution < 1.29 is 19.1 Å². The number of benzene rings is 2. The molecular formula is C18H16BrNO4. The highest BCUT2D eigenvalue weighted by Crippen LogP contribution is 2.28. The van der Waals surface area contributed by atoms with Crippen LogP contribution in [-0.2, 0) is 14.3 Å². The van der Waals surface area contributed by atoms with E-state index in [9.17, 15) is 14.4 Å². The maximum Gasteiger partial charge on any atom is 0.315 e. The molecule has 0 fully saturated rings. The number of esters is 1. The second kappa shape index (κ2) is 7.88. The first-order valence-electron chi connectivity index (χ1n) is 7.19. The second-order valence-corrected chi connectivity index (χ2v) is 6.06. The van der Waals surface area contributed by atoms with E-state index in [4.69, 9.17) is 0 Å². The van der Waals surface area contributed by atoms with Crippen LogP contribution in [0.15, 0.2) is 46.9 Å². The molecule has 0 heterocycles. The van der Waals surface area contributed by atoms with Gasteiger partial charge in [0.15, 0.2) is 5.78 Å². The summed E-state index contributed by atoms with van der Waals surface area (Å²) in [5, 5.41) is 2.64. The van der Waals surface area contributed by atoms with Crippen LogP contribution in [0.25, 0.3) is 0 Å². The lowest BCUT2D eigenvalue weighted by Gasteiger charge is -2.14. The van der Waals surface area contributed by atoms with E-state index >= 15 is 0 Å². The van der Waals surface area contributed by atoms with E-state index in [0.717, 1.165) is 4.47 Å². The Hall–Kier alpha value is -2.47. The zero-order chi connectivity index (χ0) is 17.7. The first-order valence-corrected chi connectivity index (χ1v) is 7.98. The highest BCUT2D eigenvalue weighted by molar-refractivity contribution is 9.10. The molecule has 6 heteroatoms. The first-order chi connectivity index (χ1) is 11.4. The molecule has 0 aromatic heterocycles. The number of methoxy groups -OCH3 is 1. The van der Waals surface area contributed by atoms with Gasteiger partial charge in [0.2, 0.25) is 5.91 Å². The summed E-state index contributed by atoms with van der Waals surface area (Å²) in [6.45, 7) is 1.78.